The van der Waals surface area contributed by atoms with Crippen LogP contribution in [0.2, 0.25) is 18.1 Å². The number of hydrogen-bond acceptors (Lipinski definition) is 3. The molecule has 1 aromatic rings. The second kappa shape index (κ2) is 5.29. The van der Waals surface area contributed by atoms with Crippen LogP contribution in [0.25, 0.3) is 0 Å². The minimum Gasteiger partial charge on any atom is -0.413 e. The van der Waals surface area contributed by atoms with Gasteiger partial charge in [-0.3, -0.25) is 4.98 Å². The van der Waals surface area contributed by atoms with Gasteiger partial charge >= 0.3 is 0 Å². The molecule has 3 nitrogen and oxygen atoms in total. The van der Waals surface area contributed by atoms with Crippen LogP contribution in [0.15, 0.2) is 18.5 Å². The molecule has 0 saturated heterocycles. The Balaban J connectivity index is 2.67. The zero-order valence-electron chi connectivity index (χ0n) is 11.4. The first-order valence-electron chi connectivity index (χ1n) is 5.94. The zero-order valence-corrected chi connectivity index (χ0v) is 12.4. The van der Waals surface area contributed by atoms with E-state index in [9.17, 15) is 0 Å². The molecule has 0 unspecified atom stereocenters. The van der Waals surface area contributed by atoms with Gasteiger partial charge in [0.2, 0.25) is 0 Å². The smallest absolute Gasteiger partial charge is 0.192 e. The van der Waals surface area contributed by atoms with Gasteiger partial charge in [0, 0.05) is 12.4 Å². The van der Waals surface area contributed by atoms with Crippen molar-refractivity contribution in [2.24, 2.45) is 0 Å². The molecule has 0 bridgehead atoms. The molecule has 4 heteroatoms. The molecular weight excluding hydrogens is 230 g/mol. The summed E-state index contributed by atoms with van der Waals surface area (Å²) in [5, 5.41) is 9.26. The van der Waals surface area contributed by atoms with E-state index in [4.69, 9.17) is 9.53 Å². The molecule has 1 N–H and O–H groups in total. The van der Waals surface area contributed by atoms with E-state index in [-0.39, 0.29) is 11.6 Å². The molecule has 0 amide bonds. The van der Waals surface area contributed by atoms with Crippen molar-refractivity contribution in [1.29, 1.82) is 0 Å². The summed E-state index contributed by atoms with van der Waals surface area (Å²) < 4.78 is 6.10. The van der Waals surface area contributed by atoms with E-state index in [0.29, 0.717) is 6.61 Å². The van der Waals surface area contributed by atoms with Crippen molar-refractivity contribution >= 4 is 8.32 Å². The van der Waals surface area contributed by atoms with Gasteiger partial charge in [-0.1, -0.05) is 20.8 Å². The van der Waals surface area contributed by atoms with Gasteiger partial charge in [0.15, 0.2) is 8.32 Å². The molecular formula is C13H23NO2Si. The highest BCUT2D eigenvalue weighted by atomic mass is 28.4. The Morgan fingerprint density at radius 3 is 2.35 bits per heavy atom. The van der Waals surface area contributed by atoms with E-state index in [2.05, 4.69) is 38.8 Å². The molecule has 1 heterocycles. The van der Waals surface area contributed by atoms with Crippen LogP contribution in [0.4, 0.5) is 0 Å². The number of pyridine rings is 1. The third kappa shape index (κ3) is 3.91. The van der Waals surface area contributed by atoms with Crippen molar-refractivity contribution in [3.63, 3.8) is 0 Å². The van der Waals surface area contributed by atoms with Crippen LogP contribution in [0, 0.1) is 0 Å². The molecule has 0 saturated carbocycles. The van der Waals surface area contributed by atoms with Crippen molar-refractivity contribution in [1.82, 2.24) is 4.98 Å². The number of aliphatic hydroxyl groups excluding tert-OH is 1. The monoisotopic (exact) mass is 253 g/mol. The highest BCUT2D eigenvalue weighted by Crippen LogP contribution is 2.36. The lowest BCUT2D eigenvalue weighted by Crippen LogP contribution is -2.40. The Hall–Kier alpha value is -0.713. The lowest BCUT2D eigenvalue weighted by Gasteiger charge is -2.36. The summed E-state index contributed by atoms with van der Waals surface area (Å²) in [4.78, 5) is 4.09. The van der Waals surface area contributed by atoms with Gasteiger partial charge < -0.3 is 9.53 Å². The Morgan fingerprint density at radius 1 is 1.24 bits per heavy atom. The summed E-state index contributed by atoms with van der Waals surface area (Å²) in [7, 11) is -1.71. The lowest BCUT2D eigenvalue weighted by molar-refractivity contribution is 0.271. The molecule has 0 fully saturated rings. The number of nitrogens with zero attached hydrogens (tertiary/aromatic N) is 1. The molecule has 0 atom stereocenters. The summed E-state index contributed by atoms with van der Waals surface area (Å²) in [6.45, 7) is 11.7. The van der Waals surface area contributed by atoms with Crippen molar-refractivity contribution < 1.29 is 9.53 Å². The van der Waals surface area contributed by atoms with Gasteiger partial charge in [-0.2, -0.15) is 0 Å². The minimum absolute atomic E-state index is 0.0287. The largest absolute Gasteiger partial charge is 0.413 e. The van der Waals surface area contributed by atoms with E-state index >= 15 is 0 Å². The van der Waals surface area contributed by atoms with Crippen LogP contribution in [-0.2, 0) is 17.6 Å². The molecule has 0 spiro atoms. The molecule has 0 aromatic carbocycles. The number of hydrogen-bond donors (Lipinski definition) is 1. The van der Waals surface area contributed by atoms with E-state index in [0.717, 1.165) is 11.1 Å². The quantitative estimate of drug-likeness (QED) is 0.838. The third-order valence-electron chi connectivity index (χ3n) is 3.44. The Morgan fingerprint density at radius 2 is 1.82 bits per heavy atom. The molecule has 0 aliphatic heterocycles. The van der Waals surface area contributed by atoms with E-state index in [1.165, 1.54) is 0 Å². The molecule has 1 rings (SSSR count). The predicted octanol–water partition coefficient (Wildman–Crippen LogP) is 3.10. The maximum Gasteiger partial charge on any atom is 0.192 e. The lowest BCUT2D eigenvalue weighted by atomic mass is 10.2. The van der Waals surface area contributed by atoms with Crippen LogP contribution in [0.5, 0.6) is 0 Å². The number of aliphatic hydroxyl groups is 1. The number of aromatic nitrogens is 1. The van der Waals surface area contributed by atoms with Crippen LogP contribution in [-0.4, -0.2) is 18.4 Å². The molecule has 17 heavy (non-hydrogen) atoms. The maximum absolute atomic E-state index is 9.05. The molecule has 0 aliphatic carbocycles. The maximum atomic E-state index is 9.05. The fraction of sp³-hybridized carbons (Fsp3) is 0.615. The van der Waals surface area contributed by atoms with Crippen LogP contribution >= 0.6 is 0 Å². The second-order valence-electron chi connectivity index (χ2n) is 5.91. The topological polar surface area (TPSA) is 42.4 Å². The summed E-state index contributed by atoms with van der Waals surface area (Å²) in [5.41, 5.74) is 1.86. The SMILES string of the molecule is CC(C)(C)[Si](C)(C)OCc1cncc(CO)c1. The minimum atomic E-state index is -1.71. The van der Waals surface area contributed by atoms with Gasteiger partial charge in [-0.25, -0.2) is 0 Å². The second-order valence-corrected chi connectivity index (χ2v) is 10.7. The first-order chi connectivity index (χ1) is 7.76. The summed E-state index contributed by atoms with van der Waals surface area (Å²) in [6.07, 6.45) is 3.47. The fourth-order valence-electron chi connectivity index (χ4n) is 1.19. The highest BCUT2D eigenvalue weighted by Gasteiger charge is 2.36. The summed E-state index contributed by atoms with van der Waals surface area (Å²) in [5.74, 6) is 0. The summed E-state index contributed by atoms with van der Waals surface area (Å²) in [6, 6.07) is 1.94. The van der Waals surface area contributed by atoms with Gasteiger partial charge in [-0.15, -0.1) is 0 Å². The highest BCUT2D eigenvalue weighted by molar-refractivity contribution is 6.74. The van der Waals surface area contributed by atoms with Crippen molar-refractivity contribution in [3.8, 4) is 0 Å². The first kappa shape index (κ1) is 14.3. The van der Waals surface area contributed by atoms with Crippen molar-refractivity contribution in [3.05, 3.63) is 29.6 Å². The van der Waals surface area contributed by atoms with Gasteiger partial charge in [0.25, 0.3) is 0 Å². The Bertz CT molecular complexity index is 372. The number of rotatable bonds is 4. The van der Waals surface area contributed by atoms with E-state index < -0.39 is 8.32 Å². The standard InChI is InChI=1S/C13H23NO2Si/c1-13(2,3)17(4,5)16-10-12-6-11(9-15)7-14-8-12/h6-8,15H,9-10H2,1-5H3. The van der Waals surface area contributed by atoms with E-state index in [1.54, 1.807) is 12.4 Å². The molecule has 0 aliphatic rings. The predicted molar refractivity (Wildman–Crippen MR) is 72.1 cm³/mol. The summed E-state index contributed by atoms with van der Waals surface area (Å²) >= 11 is 0. The Labute approximate surface area is 105 Å². The average Bonchev–Trinajstić information content (AvgIpc) is 2.25. The van der Waals surface area contributed by atoms with Crippen LogP contribution in [0.3, 0.4) is 0 Å². The van der Waals surface area contributed by atoms with Crippen LogP contribution < -0.4 is 0 Å². The van der Waals surface area contributed by atoms with Gasteiger partial charge in [0.05, 0.1) is 13.2 Å². The van der Waals surface area contributed by atoms with Crippen LogP contribution in [0.1, 0.15) is 31.9 Å². The molecule has 1 aromatic heterocycles. The van der Waals surface area contributed by atoms with Crippen molar-refractivity contribution in [2.45, 2.75) is 52.1 Å². The third-order valence-corrected chi connectivity index (χ3v) is 7.92. The average molecular weight is 253 g/mol. The van der Waals surface area contributed by atoms with Crippen molar-refractivity contribution in [2.75, 3.05) is 0 Å². The Kier molecular flexibility index (Phi) is 4.46. The first-order valence-corrected chi connectivity index (χ1v) is 8.85. The van der Waals surface area contributed by atoms with Gasteiger partial charge in [0.1, 0.15) is 0 Å². The normalized spacial score (nSPS) is 12.8. The van der Waals surface area contributed by atoms with Gasteiger partial charge in [-0.05, 0) is 35.3 Å². The molecule has 0 radical (unpaired) electrons. The molecule has 96 valence electrons. The zero-order chi connectivity index (χ0) is 13.1. The van der Waals surface area contributed by atoms with E-state index in [1.807, 2.05) is 6.07 Å². The fourth-order valence-corrected chi connectivity index (χ4v) is 2.15.